The molecule has 0 unspecified atom stereocenters. The van der Waals surface area contributed by atoms with Crippen molar-refractivity contribution >= 4 is 54.9 Å². The number of hydrogen-bond donors (Lipinski definition) is 1. The zero-order valence-corrected chi connectivity index (χ0v) is 54.6. The molecule has 0 saturated carbocycles. The summed E-state index contributed by atoms with van der Waals surface area (Å²) in [7, 11) is 0.974. The van der Waals surface area contributed by atoms with E-state index in [9.17, 15) is 10.1 Å². The van der Waals surface area contributed by atoms with Crippen LogP contribution in [0.4, 0.5) is 21.9 Å². The van der Waals surface area contributed by atoms with E-state index in [-0.39, 0.29) is 41.4 Å². The molecule has 0 aromatic heterocycles. The van der Waals surface area contributed by atoms with Crippen molar-refractivity contribution in [2.45, 2.75) is 163 Å². The van der Waals surface area contributed by atoms with Crippen molar-refractivity contribution in [3.63, 3.8) is 0 Å². The summed E-state index contributed by atoms with van der Waals surface area (Å²) in [5.41, 5.74) is 7.16. The van der Waals surface area contributed by atoms with Crippen LogP contribution in [0.1, 0.15) is 111 Å². The van der Waals surface area contributed by atoms with Gasteiger partial charge in [0.2, 0.25) is 5.70 Å². The number of ether oxygens (including phenoxy) is 2. The van der Waals surface area contributed by atoms with Crippen molar-refractivity contribution in [2.75, 3.05) is 39.9 Å². The second-order valence-corrected chi connectivity index (χ2v) is 33.5. The monoisotopic (exact) mass is 1170 g/mol. The lowest BCUT2D eigenvalue weighted by Crippen LogP contribution is -2.43. The van der Waals surface area contributed by atoms with Crippen LogP contribution in [-0.2, 0) is 42.6 Å². The number of rotatable bonds is 28. The van der Waals surface area contributed by atoms with E-state index in [0.29, 0.717) is 12.1 Å². The fraction of sp³-hybridized carbons (Fsp3) is 0.477. The molecule has 3 aromatic rings. The lowest BCUT2D eigenvalue weighted by atomic mass is 9.75. The Morgan fingerprint density at radius 2 is 1.27 bits per heavy atom. The molecule has 1 heterocycles. The Morgan fingerprint density at radius 1 is 0.732 bits per heavy atom. The number of alkyl carbamates (subject to hydrolysis) is 1. The van der Waals surface area contributed by atoms with Gasteiger partial charge in [0.1, 0.15) is 18.0 Å². The van der Waals surface area contributed by atoms with Crippen molar-refractivity contribution in [1.82, 2.24) is 5.32 Å². The van der Waals surface area contributed by atoms with Crippen LogP contribution in [0.3, 0.4) is 0 Å². The number of allylic oxidation sites excluding steroid dienone is 7. The van der Waals surface area contributed by atoms with Gasteiger partial charge < -0.3 is 46.2 Å². The number of hydrogen-bond acceptors (Lipinski definition) is 11. The Bertz CT molecular complexity index is 2800. The number of carbonyl (C=O) groups excluding carboxylic acids is 1. The fourth-order valence-electron chi connectivity index (χ4n) is 9.90. The molecule has 0 fully saturated rings. The normalized spacial score (nSPS) is 16.3. The van der Waals surface area contributed by atoms with E-state index < -0.39 is 37.4 Å². The van der Waals surface area contributed by atoms with Crippen LogP contribution in [0.2, 0.25) is 37.8 Å². The Hall–Kier alpha value is -6.15. The van der Waals surface area contributed by atoms with Crippen molar-refractivity contribution in [2.24, 2.45) is 5.41 Å². The first-order valence-corrected chi connectivity index (χ1v) is 36.1. The maximum Gasteiger partial charge on any atom is 0.407 e. The van der Waals surface area contributed by atoms with Gasteiger partial charge in [0.05, 0.1) is 19.2 Å². The number of benzene rings is 3. The number of nitrogens with one attached hydrogen (secondary N) is 1. The van der Waals surface area contributed by atoms with Crippen LogP contribution in [0, 0.1) is 29.9 Å². The largest absolute Gasteiger partial charge is 0.505 e. The summed E-state index contributed by atoms with van der Waals surface area (Å²) >= 11 is 0. The van der Waals surface area contributed by atoms with Crippen molar-refractivity contribution < 1.29 is 40.8 Å². The van der Waals surface area contributed by atoms with Gasteiger partial charge in [-0.1, -0.05) is 118 Å². The second-order valence-electron chi connectivity index (χ2n) is 23.1. The van der Waals surface area contributed by atoms with Gasteiger partial charge in [0.25, 0.3) is 5.70 Å². The molecule has 5 rings (SSSR count). The maximum absolute atomic E-state index is 12.6. The van der Waals surface area contributed by atoms with E-state index in [1.807, 2.05) is 102 Å². The lowest BCUT2D eigenvalue weighted by Gasteiger charge is -2.31. The van der Waals surface area contributed by atoms with Gasteiger partial charge in [-0.3, -0.25) is 0 Å². The smallest absolute Gasteiger partial charge is 0.407 e. The maximum atomic E-state index is 12.6. The molecule has 0 radical (unpaired) electrons. The third-order valence-corrected chi connectivity index (χ3v) is 23.5. The van der Waals surface area contributed by atoms with Crippen molar-refractivity contribution in [3.8, 4) is 6.07 Å². The minimum Gasteiger partial charge on any atom is -0.505 e. The van der Waals surface area contributed by atoms with Crippen LogP contribution in [0.15, 0.2) is 143 Å². The van der Waals surface area contributed by atoms with E-state index in [0.717, 1.165) is 65.6 Å². The first-order valence-electron chi connectivity index (χ1n) is 28.5. The molecule has 0 atom stereocenters. The molecule has 442 valence electrons. The molecule has 0 saturated heterocycles. The minimum absolute atomic E-state index is 0.0440. The summed E-state index contributed by atoms with van der Waals surface area (Å²) in [6.07, 6.45) is 19.5. The highest BCUT2D eigenvalue weighted by atomic mass is 28.4. The summed E-state index contributed by atoms with van der Waals surface area (Å²) in [6, 6.07) is 31.5. The number of nitriles is 1. The predicted octanol–water partition coefficient (Wildman–Crippen LogP) is 16.8. The van der Waals surface area contributed by atoms with E-state index >= 15 is 0 Å². The van der Waals surface area contributed by atoms with E-state index in [4.69, 9.17) is 49.2 Å². The minimum atomic E-state index is -2.34. The Morgan fingerprint density at radius 3 is 1.78 bits per heavy atom. The van der Waals surface area contributed by atoms with Crippen LogP contribution in [0.5, 0.6) is 0 Å². The molecule has 2 aliphatic rings. The topological polar surface area (TPSA) is 139 Å². The Balaban J connectivity index is 0.000000687. The molecule has 1 N–H and O–H groups in total. The molecular weight excluding hydrogens is 1080 g/mol. The van der Waals surface area contributed by atoms with Gasteiger partial charge >= 0.3 is 31.8 Å². The number of para-hydroxylation sites is 1. The molecule has 0 bridgehead atoms. The summed E-state index contributed by atoms with van der Waals surface area (Å²) in [4.78, 5) is 21.7. The van der Waals surface area contributed by atoms with E-state index in [2.05, 4.69) is 114 Å². The zero-order valence-electron chi connectivity index (χ0n) is 51.6. The molecule has 14 nitrogen and oxygen atoms in total. The van der Waals surface area contributed by atoms with Gasteiger partial charge in [-0.05, 0) is 163 Å². The standard InChI is InChI=1S/C53H61N5O5Si.C12H30O4Si2/c1-38(2)62-64(11,63-39(3)4)32-16-31-57-51(59)60-37-41-25-29-46(30-26-41)58(44-18-13-12-14-19-44)45-27-23-40(24-28-45)21-22-43-33-42(34-52(5,6)35-43)17-15-20-47-49(56-10)50(48(36-54)55-9)61-53(47,7)8;1-13-17(5,14-2)11-9-7-8-10-12-18(6,15-3)16-4/h12-15,17-30,33,38-39H,16,31-32,34-35,37H2,1-8,11H3,(H,57,59);7-12H2,1-6H3/b20-15+,22-21+,42-17-,50-48+;. The van der Waals surface area contributed by atoms with E-state index in [1.54, 1.807) is 28.4 Å². The highest BCUT2D eigenvalue weighted by Crippen LogP contribution is 2.43. The molecule has 0 spiro atoms. The number of carbonyl (C=O) groups is 1. The number of nitrogens with zero attached hydrogens (tertiary/aromatic N) is 4. The predicted molar refractivity (Wildman–Crippen MR) is 338 cm³/mol. The van der Waals surface area contributed by atoms with Gasteiger partial charge in [0.15, 0.2) is 0 Å². The second kappa shape index (κ2) is 32.6. The van der Waals surface area contributed by atoms with E-state index in [1.165, 1.54) is 36.8 Å². The van der Waals surface area contributed by atoms with Crippen LogP contribution in [0.25, 0.3) is 15.8 Å². The average Bonchev–Trinajstić information content (AvgIpc) is 3.92. The zero-order chi connectivity index (χ0) is 60.6. The van der Waals surface area contributed by atoms with Crippen LogP contribution < -0.4 is 10.2 Å². The Kier molecular flexibility index (Phi) is 27.2. The molecule has 82 heavy (non-hydrogen) atoms. The summed E-state index contributed by atoms with van der Waals surface area (Å²) in [6.45, 7) is 38.3. The quantitative estimate of drug-likeness (QED) is 0.0322. The third-order valence-electron chi connectivity index (χ3n) is 14.3. The Labute approximate surface area is 494 Å². The number of unbranched alkanes of at least 4 members (excludes halogenated alkanes) is 3. The number of anilines is 3. The van der Waals surface area contributed by atoms with Gasteiger partial charge in [0, 0.05) is 69.8 Å². The lowest BCUT2D eigenvalue weighted by molar-refractivity contribution is 0.0951. The van der Waals surface area contributed by atoms with Crippen molar-refractivity contribution in [3.05, 3.63) is 177 Å². The SMILES string of the molecule is CO[Si](C)(CCCCCC[Si](C)(OC)OC)OC.[C-]#[N+]C1=C(/C=C/C=C2C=C(/C=C/c3ccc(N(c4ccccc4)c4ccc(COC(=O)NCCC[Si](C)(OC(C)C)OC(C)C)cc4)cc3)CC(C)(C)C/2)C(C)(C)O/C1=C(\C#N)[N+]#[C-]. The highest BCUT2D eigenvalue weighted by Gasteiger charge is 2.39. The molecule has 1 amide bonds. The van der Waals surface area contributed by atoms with Crippen LogP contribution >= 0.6 is 0 Å². The summed E-state index contributed by atoms with van der Waals surface area (Å²) in [5, 5.41) is 12.3. The van der Waals surface area contributed by atoms with Gasteiger partial charge in [-0.25, -0.2) is 19.7 Å². The average molecular weight is 1170 g/mol. The number of amides is 1. The van der Waals surface area contributed by atoms with Gasteiger partial charge in [-0.2, -0.15) is 0 Å². The van der Waals surface area contributed by atoms with Crippen molar-refractivity contribution in [1.29, 1.82) is 5.26 Å². The highest BCUT2D eigenvalue weighted by molar-refractivity contribution is 6.66. The first kappa shape index (κ1) is 68.4. The summed E-state index contributed by atoms with van der Waals surface area (Å²) < 4.78 is 45.7. The van der Waals surface area contributed by atoms with Crippen LogP contribution in [-0.4, -0.2) is 84.6 Å². The summed E-state index contributed by atoms with van der Waals surface area (Å²) in [5.74, 6) is 0.0498. The molecular formula is C65H91N5O9Si3. The molecule has 1 aliphatic carbocycles. The fourth-order valence-corrected chi connectivity index (χ4v) is 15.9. The van der Waals surface area contributed by atoms with Gasteiger partial charge in [-0.15, -0.1) is 0 Å². The third kappa shape index (κ3) is 21.9. The molecule has 1 aliphatic heterocycles. The molecule has 17 heteroatoms. The first-order chi connectivity index (χ1) is 38.9. The molecule has 3 aromatic carbocycles.